The van der Waals surface area contributed by atoms with Crippen LogP contribution in [-0.2, 0) is 9.59 Å². The predicted octanol–water partition coefficient (Wildman–Crippen LogP) is 2.93. The van der Waals surface area contributed by atoms with Gasteiger partial charge < -0.3 is 26.2 Å². The Kier molecular flexibility index (Phi) is 8.08. The zero-order valence-corrected chi connectivity index (χ0v) is 24.2. The summed E-state index contributed by atoms with van der Waals surface area (Å²) in [5, 5.41) is 25.8. The van der Waals surface area contributed by atoms with E-state index in [-0.39, 0.29) is 42.3 Å². The molecule has 1 saturated heterocycles. The number of nitrogens with zero attached hydrogens (tertiary/aromatic N) is 2. The number of benzene rings is 1. The number of rotatable bonds is 9. The topological polar surface area (TPSA) is 119 Å². The van der Waals surface area contributed by atoms with Crippen LogP contribution in [0.1, 0.15) is 65.7 Å². The summed E-state index contributed by atoms with van der Waals surface area (Å²) in [5.41, 5.74) is 6.28. The lowest BCUT2D eigenvalue weighted by Gasteiger charge is -2.58. The average molecular weight is 561 g/mol. The molecule has 4 unspecified atom stereocenters. The van der Waals surface area contributed by atoms with Crippen molar-refractivity contribution in [2.75, 3.05) is 24.5 Å². The summed E-state index contributed by atoms with van der Waals surface area (Å²) in [7, 11) is 0. The van der Waals surface area contributed by atoms with Gasteiger partial charge in [0.25, 0.3) is 0 Å². The van der Waals surface area contributed by atoms with E-state index in [1.165, 1.54) is 0 Å². The molecule has 8 atom stereocenters. The first-order chi connectivity index (χ1) is 18.4. The minimum atomic E-state index is -0.868. The Morgan fingerprint density at radius 3 is 2.49 bits per heavy atom. The third-order valence-corrected chi connectivity index (χ3v) is 10.4. The Morgan fingerprint density at radius 1 is 1.21 bits per heavy atom. The molecule has 1 aliphatic heterocycles. The molecule has 216 valence electrons. The lowest BCUT2D eigenvalue weighted by atomic mass is 9.52. The molecule has 4 aliphatic carbocycles. The summed E-state index contributed by atoms with van der Waals surface area (Å²) in [6.07, 6.45) is 4.70. The highest BCUT2D eigenvalue weighted by atomic mass is 35.5. The first kappa shape index (κ1) is 28.8. The van der Waals surface area contributed by atoms with E-state index in [1.54, 1.807) is 11.0 Å². The Bertz CT molecular complexity index is 1070. The Labute approximate surface area is 237 Å². The zero-order valence-electron chi connectivity index (χ0n) is 23.5. The van der Waals surface area contributed by atoms with E-state index >= 15 is 0 Å². The number of anilines is 1. The first-order valence-electron chi connectivity index (χ1n) is 14.7. The van der Waals surface area contributed by atoms with E-state index in [9.17, 15) is 19.8 Å². The highest BCUT2D eigenvalue weighted by Crippen LogP contribution is 2.55. The second-order valence-corrected chi connectivity index (χ2v) is 13.8. The van der Waals surface area contributed by atoms with E-state index < -0.39 is 17.7 Å². The number of hydrogen-bond acceptors (Lipinski definition) is 6. The van der Waals surface area contributed by atoms with Crippen molar-refractivity contribution in [2.45, 2.75) is 95.0 Å². The number of para-hydroxylation sites is 1. The number of aliphatic hydroxyl groups is 2. The lowest BCUT2D eigenvalue weighted by molar-refractivity contribution is -0.148. The molecule has 5 fully saturated rings. The molecule has 1 aromatic carbocycles. The average Bonchev–Trinajstić information content (AvgIpc) is 2.86. The summed E-state index contributed by atoms with van der Waals surface area (Å²) >= 11 is 6.36. The van der Waals surface area contributed by atoms with Gasteiger partial charge >= 0.3 is 0 Å². The van der Waals surface area contributed by atoms with Crippen molar-refractivity contribution in [2.24, 2.45) is 29.4 Å². The maximum atomic E-state index is 13.3. The summed E-state index contributed by atoms with van der Waals surface area (Å²) in [6, 6.07) is 6.86. The second-order valence-electron chi connectivity index (χ2n) is 13.4. The van der Waals surface area contributed by atoms with Crippen LogP contribution in [0.25, 0.3) is 0 Å². The van der Waals surface area contributed by atoms with Crippen LogP contribution in [0, 0.1) is 23.7 Å². The SMILES string of the molecule is CC[C@H](C[C@H](O)[C@@H](N)CN1CC(=O)N(c2ccccc2Cl)CC1(C)C)C(=O)NC1C2CC3C[C@H]1CC(O)(C3)C2. The number of amides is 2. The van der Waals surface area contributed by atoms with E-state index in [0.717, 1.165) is 32.1 Å². The third-order valence-electron chi connectivity index (χ3n) is 10.0. The molecule has 0 spiro atoms. The summed E-state index contributed by atoms with van der Waals surface area (Å²) in [6.45, 7) is 7.07. The zero-order chi connectivity index (χ0) is 28.1. The molecule has 8 nitrogen and oxygen atoms in total. The minimum absolute atomic E-state index is 0.0166. The Morgan fingerprint density at radius 2 is 1.87 bits per heavy atom. The van der Waals surface area contributed by atoms with Crippen molar-refractivity contribution in [1.29, 1.82) is 0 Å². The Hall–Kier alpha value is -1.71. The normalized spacial score (nSPS) is 34.1. The van der Waals surface area contributed by atoms with Gasteiger partial charge in [0.05, 0.1) is 29.0 Å². The molecule has 4 saturated carbocycles. The fourth-order valence-corrected chi connectivity index (χ4v) is 8.28. The smallest absolute Gasteiger partial charge is 0.241 e. The molecule has 1 heterocycles. The number of carbonyl (C=O) groups excluding carboxylic acids is 2. The number of carbonyl (C=O) groups is 2. The van der Waals surface area contributed by atoms with Crippen LogP contribution >= 0.6 is 11.6 Å². The molecule has 0 radical (unpaired) electrons. The number of aliphatic hydroxyl groups excluding tert-OH is 1. The van der Waals surface area contributed by atoms with E-state index in [1.807, 2.05) is 30.0 Å². The van der Waals surface area contributed by atoms with Gasteiger partial charge in [-0.1, -0.05) is 30.7 Å². The van der Waals surface area contributed by atoms with Crippen molar-refractivity contribution in [3.8, 4) is 0 Å². The molecular formula is C30H45ClN4O4. The number of nitrogens with two attached hydrogens (primary N) is 1. The first-order valence-corrected chi connectivity index (χ1v) is 15.0. The van der Waals surface area contributed by atoms with Crippen LogP contribution < -0.4 is 16.0 Å². The summed E-state index contributed by atoms with van der Waals surface area (Å²) in [4.78, 5) is 30.2. The summed E-state index contributed by atoms with van der Waals surface area (Å²) in [5.74, 6) is 0.869. The number of piperazine rings is 1. The highest BCUT2D eigenvalue weighted by Gasteiger charge is 2.55. The van der Waals surface area contributed by atoms with Crippen molar-refractivity contribution in [3.05, 3.63) is 29.3 Å². The van der Waals surface area contributed by atoms with Crippen LogP contribution in [-0.4, -0.2) is 75.9 Å². The van der Waals surface area contributed by atoms with Gasteiger partial charge in [-0.2, -0.15) is 0 Å². The van der Waals surface area contributed by atoms with Crippen LogP contribution in [0.5, 0.6) is 0 Å². The quantitative estimate of drug-likeness (QED) is 0.369. The molecule has 5 aliphatic rings. The number of nitrogens with one attached hydrogen (secondary N) is 1. The van der Waals surface area contributed by atoms with Crippen LogP contribution in [0.3, 0.4) is 0 Å². The maximum Gasteiger partial charge on any atom is 0.241 e. The van der Waals surface area contributed by atoms with Crippen molar-refractivity contribution in [3.63, 3.8) is 0 Å². The minimum Gasteiger partial charge on any atom is -0.391 e. The van der Waals surface area contributed by atoms with Gasteiger partial charge in [-0.25, -0.2) is 0 Å². The molecule has 2 amide bonds. The van der Waals surface area contributed by atoms with Crippen LogP contribution in [0.15, 0.2) is 24.3 Å². The van der Waals surface area contributed by atoms with Gasteiger partial charge in [-0.05, 0) is 88.7 Å². The fraction of sp³-hybridized carbons (Fsp3) is 0.733. The number of halogens is 1. The van der Waals surface area contributed by atoms with Crippen LogP contribution in [0.2, 0.25) is 5.02 Å². The lowest BCUT2D eigenvalue weighted by Crippen LogP contribution is -2.64. The molecular weight excluding hydrogens is 516 g/mol. The van der Waals surface area contributed by atoms with Gasteiger partial charge in [0.1, 0.15) is 0 Å². The maximum absolute atomic E-state index is 13.3. The molecule has 1 aromatic rings. The van der Waals surface area contributed by atoms with Gasteiger partial charge in [0, 0.05) is 36.6 Å². The predicted molar refractivity (Wildman–Crippen MR) is 152 cm³/mol. The van der Waals surface area contributed by atoms with Gasteiger partial charge in [-0.3, -0.25) is 14.5 Å². The molecule has 6 rings (SSSR count). The highest BCUT2D eigenvalue weighted by molar-refractivity contribution is 6.33. The van der Waals surface area contributed by atoms with Gasteiger partial charge in [0.2, 0.25) is 11.8 Å². The number of hydrogen-bond donors (Lipinski definition) is 4. The molecule has 5 N–H and O–H groups in total. The second kappa shape index (κ2) is 10.9. The third kappa shape index (κ3) is 5.87. The van der Waals surface area contributed by atoms with Gasteiger partial charge in [-0.15, -0.1) is 0 Å². The van der Waals surface area contributed by atoms with Crippen molar-refractivity contribution >= 4 is 29.1 Å². The van der Waals surface area contributed by atoms with E-state index in [4.69, 9.17) is 17.3 Å². The summed E-state index contributed by atoms with van der Waals surface area (Å²) < 4.78 is 0. The molecule has 0 aromatic heterocycles. The van der Waals surface area contributed by atoms with Crippen molar-refractivity contribution in [1.82, 2.24) is 10.2 Å². The molecule has 4 bridgehead atoms. The fourth-order valence-electron chi connectivity index (χ4n) is 8.04. The molecule has 9 heteroatoms. The van der Waals surface area contributed by atoms with Gasteiger partial charge in [0.15, 0.2) is 0 Å². The van der Waals surface area contributed by atoms with E-state index in [0.29, 0.717) is 48.0 Å². The van der Waals surface area contributed by atoms with Crippen molar-refractivity contribution < 1.29 is 19.8 Å². The largest absolute Gasteiger partial charge is 0.391 e. The van der Waals surface area contributed by atoms with Crippen LogP contribution in [0.4, 0.5) is 5.69 Å². The monoisotopic (exact) mass is 560 g/mol. The molecule has 39 heavy (non-hydrogen) atoms. The standard InChI is InChI=1S/C30H45ClN4O4/c1-4-19(28(38)33-27-20-9-18-10-21(27)14-30(39,12-18)13-20)11-25(36)23(32)15-34-16-26(37)35(17-29(34,2)3)24-8-6-5-7-22(24)31/h5-8,18-21,23,25,27,36,39H,4,9-17,32H2,1-3H3,(H,33,38)/t18?,19-,20+,21?,23+,25+,27?,30?/m1/s1. The van der Waals surface area contributed by atoms with E-state index in [2.05, 4.69) is 19.2 Å². The Balaban J connectivity index is 1.16.